The molecule has 26 heavy (non-hydrogen) atoms. The number of hydrogen-bond donors (Lipinski definition) is 0. The predicted molar refractivity (Wildman–Crippen MR) is 113 cm³/mol. The van der Waals surface area contributed by atoms with Crippen LogP contribution in [0.25, 0.3) is 0 Å². The topological polar surface area (TPSA) is 46.6 Å². The van der Waals surface area contributed by atoms with Gasteiger partial charge in [0.1, 0.15) is 0 Å². The van der Waals surface area contributed by atoms with Crippen molar-refractivity contribution in [1.29, 1.82) is 0 Å². The summed E-state index contributed by atoms with van der Waals surface area (Å²) in [7, 11) is -3.33. The van der Waals surface area contributed by atoms with E-state index < -0.39 is 10.1 Å². The highest BCUT2D eigenvalue weighted by Crippen LogP contribution is 2.11. The molecular weight excluding hydrogens is 346 g/mol. The minimum atomic E-state index is -3.33. The second-order valence-electron chi connectivity index (χ2n) is 7.46. The van der Waals surface area contributed by atoms with Crippen LogP contribution in [0.3, 0.4) is 0 Å². The Morgan fingerprint density at radius 3 is 1.62 bits per heavy atom. The Kier molecular flexibility index (Phi) is 18.2. The van der Waals surface area contributed by atoms with Gasteiger partial charge >= 0.3 is 0 Å². The summed E-state index contributed by atoms with van der Waals surface area (Å²) in [6, 6.07) is 0. The van der Waals surface area contributed by atoms with Crippen molar-refractivity contribution in [3.05, 3.63) is 0 Å². The second kappa shape index (κ2) is 18.2. The average molecular weight is 392 g/mol. The molecule has 158 valence electrons. The first-order valence-electron chi connectivity index (χ1n) is 11.1. The van der Waals surface area contributed by atoms with Crippen molar-refractivity contribution in [2.75, 3.05) is 32.0 Å². The maximum Gasteiger partial charge on any atom is 0.267 e. The van der Waals surface area contributed by atoms with Gasteiger partial charge in [0.05, 0.1) is 12.4 Å². The van der Waals surface area contributed by atoms with Crippen LogP contribution in [0.15, 0.2) is 0 Å². The van der Waals surface area contributed by atoms with Gasteiger partial charge in [-0.25, -0.2) is 0 Å². The van der Waals surface area contributed by atoms with E-state index in [4.69, 9.17) is 4.18 Å². The van der Waals surface area contributed by atoms with Crippen LogP contribution in [0.5, 0.6) is 0 Å². The van der Waals surface area contributed by atoms with Crippen molar-refractivity contribution in [3.8, 4) is 0 Å². The predicted octanol–water partition coefficient (Wildman–Crippen LogP) is 5.77. The minimum Gasteiger partial charge on any atom is -0.303 e. The molecule has 0 aliphatic carbocycles. The molecule has 0 saturated heterocycles. The zero-order chi connectivity index (χ0) is 19.5. The molecule has 0 aromatic carbocycles. The molecule has 0 heterocycles. The van der Waals surface area contributed by atoms with E-state index >= 15 is 0 Å². The first-order chi connectivity index (χ1) is 12.6. The Bertz CT molecular complexity index is 379. The zero-order valence-corrected chi connectivity index (χ0v) is 18.6. The quantitative estimate of drug-likeness (QED) is 0.195. The maximum atomic E-state index is 11.9. The van der Waals surface area contributed by atoms with Gasteiger partial charge < -0.3 is 4.90 Å². The molecule has 0 rings (SSSR count). The molecule has 0 aliphatic heterocycles. The van der Waals surface area contributed by atoms with Crippen LogP contribution in [0.2, 0.25) is 0 Å². The molecular formula is C21H45NO3S. The molecule has 0 fully saturated rings. The number of rotatable bonds is 20. The van der Waals surface area contributed by atoms with Gasteiger partial charge in [0.15, 0.2) is 0 Å². The summed E-state index contributed by atoms with van der Waals surface area (Å²) in [5, 5.41) is 0. The van der Waals surface area contributed by atoms with Crippen LogP contribution in [0, 0.1) is 0 Å². The first kappa shape index (κ1) is 25.9. The fourth-order valence-electron chi connectivity index (χ4n) is 3.27. The van der Waals surface area contributed by atoms with Gasteiger partial charge in [-0.05, 0) is 38.8 Å². The number of hydrogen-bond acceptors (Lipinski definition) is 4. The summed E-state index contributed by atoms with van der Waals surface area (Å²) >= 11 is 0. The third-order valence-corrected chi connectivity index (χ3v) is 6.02. The van der Waals surface area contributed by atoms with E-state index in [0.29, 0.717) is 6.61 Å². The Balaban J connectivity index is 3.58. The van der Waals surface area contributed by atoms with Crippen molar-refractivity contribution < 1.29 is 12.6 Å². The average Bonchev–Trinajstić information content (AvgIpc) is 2.60. The third kappa shape index (κ3) is 17.3. The van der Waals surface area contributed by atoms with E-state index in [2.05, 4.69) is 25.7 Å². The van der Waals surface area contributed by atoms with Gasteiger partial charge in [0, 0.05) is 6.54 Å². The highest BCUT2D eigenvalue weighted by Gasteiger charge is 2.11. The highest BCUT2D eigenvalue weighted by molar-refractivity contribution is 7.86. The number of unbranched alkanes of at least 4 members (excludes halogenated alkanes) is 9. The summed E-state index contributed by atoms with van der Waals surface area (Å²) in [6.45, 7) is 10.0. The molecule has 0 radical (unpaired) electrons. The monoisotopic (exact) mass is 391 g/mol. The largest absolute Gasteiger partial charge is 0.303 e. The molecule has 0 unspecified atom stereocenters. The fourth-order valence-corrected chi connectivity index (χ4v) is 4.31. The molecule has 4 nitrogen and oxygen atoms in total. The van der Waals surface area contributed by atoms with Crippen LogP contribution in [-0.2, 0) is 14.3 Å². The molecule has 0 aromatic rings. The van der Waals surface area contributed by atoms with Gasteiger partial charge in [-0.1, -0.05) is 78.6 Å². The van der Waals surface area contributed by atoms with Crippen molar-refractivity contribution in [3.63, 3.8) is 0 Å². The SMILES string of the molecule is CCCCCCCCCCCCS(=O)(=O)OCCCN(CCC)CCC. The van der Waals surface area contributed by atoms with Gasteiger partial charge in [-0.2, -0.15) is 8.42 Å². The lowest BCUT2D eigenvalue weighted by Crippen LogP contribution is -2.27. The van der Waals surface area contributed by atoms with Crippen LogP contribution >= 0.6 is 0 Å². The van der Waals surface area contributed by atoms with Crippen LogP contribution in [0.4, 0.5) is 0 Å². The summed E-state index contributed by atoms with van der Waals surface area (Å²) in [5.74, 6) is 0.178. The fraction of sp³-hybridized carbons (Fsp3) is 1.00. The lowest BCUT2D eigenvalue weighted by atomic mass is 10.1. The van der Waals surface area contributed by atoms with Crippen molar-refractivity contribution in [2.24, 2.45) is 0 Å². The van der Waals surface area contributed by atoms with E-state index in [0.717, 1.165) is 58.2 Å². The normalized spacial score (nSPS) is 12.2. The van der Waals surface area contributed by atoms with E-state index in [-0.39, 0.29) is 5.75 Å². The zero-order valence-electron chi connectivity index (χ0n) is 17.8. The summed E-state index contributed by atoms with van der Waals surface area (Å²) in [6.07, 6.45) is 15.2. The summed E-state index contributed by atoms with van der Waals surface area (Å²) < 4.78 is 29.0. The molecule has 0 aromatic heterocycles. The molecule has 0 spiro atoms. The molecule has 0 atom stereocenters. The van der Waals surface area contributed by atoms with E-state index in [1.807, 2.05) is 0 Å². The lowest BCUT2D eigenvalue weighted by molar-refractivity contribution is 0.236. The van der Waals surface area contributed by atoms with Crippen molar-refractivity contribution in [1.82, 2.24) is 4.90 Å². The van der Waals surface area contributed by atoms with Crippen molar-refractivity contribution in [2.45, 2.75) is 104 Å². The Labute approximate surface area is 164 Å². The Hall–Kier alpha value is -0.130. The first-order valence-corrected chi connectivity index (χ1v) is 12.7. The van der Waals surface area contributed by atoms with E-state index in [9.17, 15) is 8.42 Å². The van der Waals surface area contributed by atoms with Crippen LogP contribution in [-0.4, -0.2) is 45.3 Å². The van der Waals surface area contributed by atoms with Gasteiger partial charge in [-0.3, -0.25) is 4.18 Å². The Morgan fingerprint density at radius 2 is 1.12 bits per heavy atom. The number of nitrogens with zero attached hydrogens (tertiary/aromatic N) is 1. The van der Waals surface area contributed by atoms with E-state index in [1.54, 1.807) is 0 Å². The smallest absolute Gasteiger partial charge is 0.267 e. The second-order valence-corrected chi connectivity index (χ2v) is 9.22. The van der Waals surface area contributed by atoms with Crippen LogP contribution < -0.4 is 0 Å². The molecule has 0 saturated carbocycles. The van der Waals surface area contributed by atoms with E-state index in [1.165, 1.54) is 44.9 Å². The molecule has 0 N–H and O–H groups in total. The van der Waals surface area contributed by atoms with Crippen molar-refractivity contribution >= 4 is 10.1 Å². The third-order valence-electron chi connectivity index (χ3n) is 4.71. The standard InChI is InChI=1S/C21H45NO3S/c1-4-7-8-9-10-11-12-13-14-15-21-26(23,24)25-20-16-19-22(17-5-2)18-6-3/h4-21H2,1-3H3. The highest BCUT2D eigenvalue weighted by atomic mass is 32.2. The molecule has 0 bridgehead atoms. The summed E-state index contributed by atoms with van der Waals surface area (Å²) in [4.78, 5) is 2.39. The van der Waals surface area contributed by atoms with Gasteiger partial charge in [0.25, 0.3) is 10.1 Å². The molecule has 5 heteroatoms. The molecule has 0 aliphatic rings. The molecule has 0 amide bonds. The van der Waals surface area contributed by atoms with Gasteiger partial charge in [-0.15, -0.1) is 0 Å². The maximum absolute atomic E-state index is 11.9. The minimum absolute atomic E-state index is 0.178. The van der Waals surface area contributed by atoms with Crippen LogP contribution in [0.1, 0.15) is 104 Å². The lowest BCUT2D eigenvalue weighted by Gasteiger charge is -2.20. The Morgan fingerprint density at radius 1 is 0.615 bits per heavy atom. The van der Waals surface area contributed by atoms with Gasteiger partial charge in [0.2, 0.25) is 0 Å². The summed E-state index contributed by atoms with van der Waals surface area (Å²) in [5.41, 5.74) is 0.